The van der Waals surface area contributed by atoms with Crippen LogP contribution in [0.4, 0.5) is 5.69 Å². The van der Waals surface area contributed by atoms with Crippen molar-refractivity contribution in [3.8, 4) is 17.0 Å². The van der Waals surface area contributed by atoms with E-state index in [9.17, 15) is 9.90 Å². The Balaban J connectivity index is 1.43. The van der Waals surface area contributed by atoms with Crippen LogP contribution in [0.5, 0.6) is 5.75 Å². The van der Waals surface area contributed by atoms with Crippen LogP contribution in [0.1, 0.15) is 11.1 Å². The fourth-order valence-electron chi connectivity index (χ4n) is 3.39. The Morgan fingerprint density at radius 2 is 1.53 bits per heavy atom. The summed E-state index contributed by atoms with van der Waals surface area (Å²) in [4.78, 5) is 16.2. The zero-order valence-electron chi connectivity index (χ0n) is 17.5. The average molecular weight is 425 g/mol. The van der Waals surface area contributed by atoms with Crippen molar-refractivity contribution in [3.63, 3.8) is 0 Å². The monoisotopic (exact) mass is 424 g/mol. The van der Waals surface area contributed by atoms with Gasteiger partial charge in [-0.05, 0) is 47.5 Å². The quantitative estimate of drug-likeness (QED) is 0.375. The van der Waals surface area contributed by atoms with Gasteiger partial charge in [-0.1, -0.05) is 60.7 Å². The maximum absolute atomic E-state index is 11.8. The number of nitrogens with one attached hydrogen (secondary N) is 1. The summed E-state index contributed by atoms with van der Waals surface area (Å²) in [7, 11) is 0. The number of carboxylic acid groups (broad SMARTS) is 1. The summed E-state index contributed by atoms with van der Waals surface area (Å²) in [5, 5.41) is 12.8. The molecule has 0 aliphatic carbocycles. The molecule has 4 rings (SSSR count). The van der Waals surface area contributed by atoms with Gasteiger partial charge in [0, 0.05) is 23.9 Å². The highest BCUT2D eigenvalue weighted by Gasteiger charge is 2.18. The zero-order valence-corrected chi connectivity index (χ0v) is 17.5. The molecule has 0 aliphatic heterocycles. The Labute approximate surface area is 187 Å². The average Bonchev–Trinajstić information content (AvgIpc) is 2.84. The van der Waals surface area contributed by atoms with E-state index in [0.717, 1.165) is 28.1 Å². The normalized spacial score (nSPS) is 11.5. The van der Waals surface area contributed by atoms with Gasteiger partial charge >= 0.3 is 5.97 Å². The molecule has 0 bridgehead atoms. The van der Waals surface area contributed by atoms with E-state index >= 15 is 0 Å². The highest BCUT2D eigenvalue weighted by Crippen LogP contribution is 2.24. The van der Waals surface area contributed by atoms with Gasteiger partial charge in [-0.25, -0.2) is 4.79 Å². The maximum Gasteiger partial charge on any atom is 0.326 e. The molecule has 1 heterocycles. The molecule has 0 spiro atoms. The van der Waals surface area contributed by atoms with Gasteiger partial charge in [0.2, 0.25) is 0 Å². The second-order valence-electron chi connectivity index (χ2n) is 7.45. The Bertz CT molecular complexity index is 1150. The number of aromatic nitrogens is 1. The van der Waals surface area contributed by atoms with Crippen molar-refractivity contribution in [2.75, 3.05) is 5.32 Å². The molecule has 3 aromatic carbocycles. The first-order chi connectivity index (χ1) is 15.7. The number of carboxylic acids is 1. The summed E-state index contributed by atoms with van der Waals surface area (Å²) in [6, 6.07) is 30.2. The van der Waals surface area contributed by atoms with Crippen molar-refractivity contribution in [3.05, 3.63) is 114 Å². The topological polar surface area (TPSA) is 71.5 Å². The summed E-state index contributed by atoms with van der Waals surface area (Å²) in [6.45, 7) is 0.510. The van der Waals surface area contributed by atoms with Crippen LogP contribution in [0.25, 0.3) is 11.3 Å². The molecule has 0 unspecified atom stereocenters. The van der Waals surface area contributed by atoms with Crippen LogP contribution in [-0.2, 0) is 17.8 Å². The molecule has 2 N–H and O–H groups in total. The van der Waals surface area contributed by atoms with Crippen molar-refractivity contribution in [1.29, 1.82) is 0 Å². The van der Waals surface area contributed by atoms with Crippen molar-refractivity contribution < 1.29 is 14.6 Å². The summed E-state index contributed by atoms with van der Waals surface area (Å²) >= 11 is 0. The molecule has 0 saturated carbocycles. The second kappa shape index (κ2) is 10.3. The number of benzene rings is 3. The minimum atomic E-state index is -0.896. The van der Waals surface area contributed by atoms with Gasteiger partial charge in [-0.2, -0.15) is 0 Å². The van der Waals surface area contributed by atoms with E-state index in [1.165, 1.54) is 0 Å². The zero-order chi connectivity index (χ0) is 22.2. The molecule has 0 amide bonds. The third kappa shape index (κ3) is 5.73. The Morgan fingerprint density at radius 1 is 0.875 bits per heavy atom. The number of pyridine rings is 1. The Hall–Kier alpha value is -4.12. The van der Waals surface area contributed by atoms with Gasteiger partial charge in [0.05, 0.1) is 5.69 Å². The maximum atomic E-state index is 11.8. The van der Waals surface area contributed by atoms with Crippen molar-refractivity contribution in [2.24, 2.45) is 0 Å². The molecular weight excluding hydrogens is 400 g/mol. The highest BCUT2D eigenvalue weighted by molar-refractivity contribution is 5.78. The van der Waals surface area contributed by atoms with Crippen LogP contribution >= 0.6 is 0 Å². The fraction of sp³-hybridized carbons (Fsp3) is 0.111. The lowest BCUT2D eigenvalue weighted by Crippen LogP contribution is -2.31. The van der Waals surface area contributed by atoms with Gasteiger partial charge in [-0.15, -0.1) is 0 Å². The molecule has 0 aliphatic rings. The Kier molecular flexibility index (Phi) is 6.78. The fourth-order valence-corrected chi connectivity index (χ4v) is 3.39. The number of hydrogen-bond donors (Lipinski definition) is 2. The van der Waals surface area contributed by atoms with Gasteiger partial charge < -0.3 is 15.2 Å². The lowest BCUT2D eigenvalue weighted by atomic mass is 10.1. The van der Waals surface area contributed by atoms with Crippen LogP contribution in [-0.4, -0.2) is 22.1 Å². The Morgan fingerprint density at radius 3 is 2.19 bits per heavy atom. The van der Waals surface area contributed by atoms with E-state index in [2.05, 4.69) is 10.3 Å². The number of carbonyl (C=O) groups is 1. The smallest absolute Gasteiger partial charge is 0.326 e. The third-order valence-electron chi connectivity index (χ3n) is 5.08. The highest BCUT2D eigenvalue weighted by atomic mass is 16.5. The van der Waals surface area contributed by atoms with Crippen LogP contribution < -0.4 is 10.1 Å². The van der Waals surface area contributed by atoms with E-state index < -0.39 is 12.0 Å². The summed E-state index contributed by atoms with van der Waals surface area (Å²) in [6.07, 6.45) is 2.07. The number of rotatable bonds is 9. The number of hydrogen-bond acceptors (Lipinski definition) is 4. The molecule has 4 aromatic rings. The number of anilines is 1. The van der Waals surface area contributed by atoms with Gasteiger partial charge in [-0.3, -0.25) is 4.98 Å². The second-order valence-corrected chi connectivity index (χ2v) is 7.45. The van der Waals surface area contributed by atoms with E-state index in [1.807, 2.05) is 91.0 Å². The van der Waals surface area contributed by atoms with Crippen molar-refractivity contribution >= 4 is 11.7 Å². The van der Waals surface area contributed by atoms with E-state index in [1.54, 1.807) is 12.3 Å². The molecule has 0 radical (unpaired) electrons. The van der Waals surface area contributed by atoms with Gasteiger partial charge in [0.1, 0.15) is 18.4 Å². The lowest BCUT2D eigenvalue weighted by Gasteiger charge is -2.16. The lowest BCUT2D eigenvalue weighted by molar-refractivity contribution is -0.137. The number of nitrogens with zero attached hydrogens (tertiary/aromatic N) is 1. The number of ether oxygens (including phenoxy) is 1. The van der Waals surface area contributed by atoms with Crippen LogP contribution in [0.2, 0.25) is 0 Å². The molecule has 32 heavy (non-hydrogen) atoms. The van der Waals surface area contributed by atoms with Crippen molar-refractivity contribution in [2.45, 2.75) is 19.1 Å². The summed E-state index contributed by atoms with van der Waals surface area (Å²) in [5.41, 5.74) is 4.47. The van der Waals surface area contributed by atoms with Gasteiger partial charge in [0.15, 0.2) is 0 Å². The van der Waals surface area contributed by atoms with E-state index in [4.69, 9.17) is 4.74 Å². The molecular formula is C27H24N2O3. The minimum Gasteiger partial charge on any atom is -0.489 e. The molecule has 0 fully saturated rings. The van der Waals surface area contributed by atoms with Crippen LogP contribution in [0, 0.1) is 0 Å². The first kappa shape index (κ1) is 21.1. The predicted molar refractivity (Wildman–Crippen MR) is 126 cm³/mol. The molecule has 1 aromatic heterocycles. The van der Waals surface area contributed by atoms with Crippen LogP contribution in [0.3, 0.4) is 0 Å². The first-order valence-corrected chi connectivity index (χ1v) is 10.4. The summed E-state index contributed by atoms with van der Waals surface area (Å²) in [5.74, 6) is -0.118. The molecule has 5 nitrogen and oxygen atoms in total. The predicted octanol–water partition coefficient (Wildman–Crippen LogP) is 5.44. The molecule has 5 heteroatoms. The molecule has 0 saturated heterocycles. The third-order valence-corrected chi connectivity index (χ3v) is 5.08. The molecule has 160 valence electrons. The summed E-state index contributed by atoms with van der Waals surface area (Å²) < 4.78 is 5.84. The largest absolute Gasteiger partial charge is 0.489 e. The minimum absolute atomic E-state index is 0.390. The van der Waals surface area contributed by atoms with E-state index in [0.29, 0.717) is 18.7 Å². The van der Waals surface area contributed by atoms with Crippen molar-refractivity contribution in [1.82, 2.24) is 4.98 Å². The van der Waals surface area contributed by atoms with E-state index in [-0.39, 0.29) is 0 Å². The molecule has 1 atom stereocenters. The first-order valence-electron chi connectivity index (χ1n) is 10.4. The van der Waals surface area contributed by atoms with Gasteiger partial charge in [0.25, 0.3) is 0 Å². The SMILES string of the molecule is O=C(O)[C@H](Cc1ccccc1)Nc1ccnc(-c2ccc(OCc3ccccc3)cc2)c1. The standard InChI is InChI=1S/C27H24N2O3/c30-27(31)26(17-20-7-3-1-4-8-20)29-23-15-16-28-25(18-23)22-11-13-24(14-12-22)32-19-21-9-5-2-6-10-21/h1-16,18,26H,17,19H2,(H,28,29)(H,30,31)/t26-/m0/s1. The van der Waals surface area contributed by atoms with Crippen LogP contribution in [0.15, 0.2) is 103 Å². The number of aliphatic carboxylic acids is 1.